The highest BCUT2D eigenvalue weighted by Gasteiger charge is 2.25. The summed E-state index contributed by atoms with van der Waals surface area (Å²) < 4.78 is 5.71. The van der Waals surface area contributed by atoms with E-state index >= 15 is 0 Å². The molecule has 1 nitrogen and oxygen atoms in total. The number of aryl methyl sites for hydroxylation is 1. The van der Waals surface area contributed by atoms with E-state index in [4.69, 9.17) is 4.42 Å². The third-order valence-corrected chi connectivity index (χ3v) is 5.26. The average Bonchev–Trinajstić information content (AvgIpc) is 3.15. The number of benzene rings is 3. The molecule has 0 spiro atoms. The molecule has 0 saturated heterocycles. The maximum Gasteiger partial charge on any atom is 0.111 e. The van der Waals surface area contributed by atoms with Crippen LogP contribution in [0, 0.1) is 0 Å². The van der Waals surface area contributed by atoms with Crippen molar-refractivity contribution in [3.63, 3.8) is 0 Å². The summed E-state index contributed by atoms with van der Waals surface area (Å²) in [6.45, 7) is 0. The van der Waals surface area contributed by atoms with Gasteiger partial charge in [-0.05, 0) is 64.1 Å². The Morgan fingerprint density at radius 2 is 1.70 bits per heavy atom. The molecule has 0 radical (unpaired) electrons. The first-order valence-corrected chi connectivity index (χ1v) is 8.38. The zero-order valence-electron chi connectivity index (χ0n) is 13.0. The third kappa shape index (κ3) is 1.93. The van der Waals surface area contributed by atoms with Crippen molar-refractivity contribution in [1.29, 1.82) is 0 Å². The standard InChI is InChI=1S/C22H18O/c1-2-6-16-15(5-1)10-11-19-17-7-3-8-21(22-9-4-14-23-22)20(17)13-12-18(16)19/h1-2,4-6,9-14,21H,3,7-8H2. The molecular formula is C22H18O. The lowest BCUT2D eigenvalue weighted by Gasteiger charge is -2.25. The fraction of sp³-hybridized carbons (Fsp3) is 0.182. The molecule has 0 N–H and O–H groups in total. The summed E-state index contributed by atoms with van der Waals surface area (Å²) >= 11 is 0. The monoisotopic (exact) mass is 298 g/mol. The smallest absolute Gasteiger partial charge is 0.111 e. The van der Waals surface area contributed by atoms with Crippen LogP contribution in [0.1, 0.15) is 35.6 Å². The predicted molar refractivity (Wildman–Crippen MR) is 94.9 cm³/mol. The Balaban J connectivity index is 1.79. The Morgan fingerprint density at radius 3 is 2.61 bits per heavy atom. The van der Waals surface area contributed by atoms with E-state index in [1.807, 2.05) is 6.07 Å². The topological polar surface area (TPSA) is 13.1 Å². The number of furan rings is 1. The summed E-state index contributed by atoms with van der Waals surface area (Å²) in [4.78, 5) is 0. The van der Waals surface area contributed by atoms with E-state index in [9.17, 15) is 0 Å². The maximum atomic E-state index is 5.71. The van der Waals surface area contributed by atoms with Gasteiger partial charge in [0.15, 0.2) is 0 Å². The molecule has 0 bridgehead atoms. The zero-order valence-corrected chi connectivity index (χ0v) is 13.0. The molecule has 0 fully saturated rings. The third-order valence-electron chi connectivity index (χ3n) is 5.26. The van der Waals surface area contributed by atoms with E-state index in [1.54, 1.807) is 6.26 Å². The zero-order chi connectivity index (χ0) is 15.2. The van der Waals surface area contributed by atoms with E-state index < -0.39 is 0 Å². The fourth-order valence-corrected chi connectivity index (χ4v) is 4.20. The van der Waals surface area contributed by atoms with E-state index in [0.717, 1.165) is 5.76 Å². The van der Waals surface area contributed by atoms with Gasteiger partial charge in [0.05, 0.1) is 6.26 Å². The van der Waals surface area contributed by atoms with Gasteiger partial charge in [0.1, 0.15) is 5.76 Å². The van der Waals surface area contributed by atoms with Crippen LogP contribution in [0.5, 0.6) is 0 Å². The second-order valence-corrected chi connectivity index (χ2v) is 6.48. The van der Waals surface area contributed by atoms with Gasteiger partial charge in [-0.15, -0.1) is 0 Å². The molecule has 0 amide bonds. The lowest BCUT2D eigenvalue weighted by molar-refractivity contribution is 0.458. The first-order valence-electron chi connectivity index (χ1n) is 8.38. The van der Waals surface area contributed by atoms with E-state index in [0.29, 0.717) is 5.92 Å². The molecule has 1 aliphatic carbocycles. The van der Waals surface area contributed by atoms with Crippen molar-refractivity contribution in [2.75, 3.05) is 0 Å². The highest BCUT2D eigenvalue weighted by molar-refractivity contribution is 6.08. The van der Waals surface area contributed by atoms with Crippen molar-refractivity contribution in [2.45, 2.75) is 25.2 Å². The lowest BCUT2D eigenvalue weighted by Crippen LogP contribution is -2.11. The van der Waals surface area contributed by atoms with Crippen molar-refractivity contribution < 1.29 is 4.42 Å². The highest BCUT2D eigenvalue weighted by Crippen LogP contribution is 2.41. The van der Waals surface area contributed by atoms with Crippen LogP contribution >= 0.6 is 0 Å². The maximum absolute atomic E-state index is 5.71. The first-order chi connectivity index (χ1) is 11.4. The second kappa shape index (κ2) is 4.99. The predicted octanol–water partition coefficient (Wildman–Crippen LogP) is 6.05. The van der Waals surface area contributed by atoms with Crippen LogP contribution in [0.3, 0.4) is 0 Å². The number of hydrogen-bond donors (Lipinski definition) is 0. The minimum absolute atomic E-state index is 0.407. The molecule has 1 aromatic heterocycles. The Morgan fingerprint density at radius 1 is 0.783 bits per heavy atom. The summed E-state index contributed by atoms with van der Waals surface area (Å²) in [6.07, 6.45) is 5.37. The molecule has 112 valence electrons. The molecule has 1 unspecified atom stereocenters. The average molecular weight is 298 g/mol. The van der Waals surface area contributed by atoms with Crippen molar-refractivity contribution >= 4 is 21.5 Å². The molecule has 0 saturated carbocycles. The van der Waals surface area contributed by atoms with Crippen LogP contribution in [0.25, 0.3) is 21.5 Å². The van der Waals surface area contributed by atoms with Gasteiger partial charge >= 0.3 is 0 Å². The first kappa shape index (κ1) is 13.0. The van der Waals surface area contributed by atoms with Gasteiger partial charge in [0.2, 0.25) is 0 Å². The van der Waals surface area contributed by atoms with Crippen LogP contribution in [0.2, 0.25) is 0 Å². The van der Waals surface area contributed by atoms with Gasteiger partial charge < -0.3 is 4.42 Å². The molecular weight excluding hydrogens is 280 g/mol. The molecule has 3 aromatic carbocycles. The Labute approximate surface area is 135 Å². The van der Waals surface area contributed by atoms with E-state index in [1.165, 1.54) is 51.9 Å². The summed E-state index contributed by atoms with van der Waals surface area (Å²) in [5.41, 5.74) is 2.97. The van der Waals surface area contributed by atoms with Gasteiger partial charge in [-0.1, -0.05) is 48.5 Å². The minimum atomic E-state index is 0.407. The van der Waals surface area contributed by atoms with Crippen molar-refractivity contribution in [3.05, 3.63) is 83.8 Å². The summed E-state index contributed by atoms with van der Waals surface area (Å²) in [5.74, 6) is 1.51. The van der Waals surface area contributed by atoms with Gasteiger partial charge in [0, 0.05) is 5.92 Å². The normalized spacial score (nSPS) is 17.5. The molecule has 1 aliphatic rings. The molecule has 4 aromatic rings. The quantitative estimate of drug-likeness (QED) is 0.390. The number of hydrogen-bond acceptors (Lipinski definition) is 1. The SMILES string of the molecule is c1coc(C2CCCc3c2ccc2c3ccc3ccccc32)c1. The Kier molecular flexibility index (Phi) is 2.81. The van der Waals surface area contributed by atoms with Gasteiger partial charge in [-0.3, -0.25) is 0 Å². The van der Waals surface area contributed by atoms with Crippen molar-refractivity contribution in [3.8, 4) is 0 Å². The fourth-order valence-electron chi connectivity index (χ4n) is 4.20. The molecule has 1 atom stereocenters. The van der Waals surface area contributed by atoms with Crippen LogP contribution in [-0.4, -0.2) is 0 Å². The molecule has 23 heavy (non-hydrogen) atoms. The van der Waals surface area contributed by atoms with Gasteiger partial charge in [0.25, 0.3) is 0 Å². The minimum Gasteiger partial charge on any atom is -0.469 e. The van der Waals surface area contributed by atoms with Gasteiger partial charge in [-0.2, -0.15) is 0 Å². The largest absolute Gasteiger partial charge is 0.469 e. The van der Waals surface area contributed by atoms with E-state index in [-0.39, 0.29) is 0 Å². The molecule has 0 aliphatic heterocycles. The van der Waals surface area contributed by atoms with E-state index in [2.05, 4.69) is 54.6 Å². The Hall–Kier alpha value is -2.54. The van der Waals surface area contributed by atoms with Crippen LogP contribution < -0.4 is 0 Å². The molecule has 5 rings (SSSR count). The summed E-state index contributed by atoms with van der Waals surface area (Å²) in [5, 5.41) is 5.46. The molecule has 1 heteroatoms. The summed E-state index contributed by atoms with van der Waals surface area (Å²) in [7, 11) is 0. The van der Waals surface area contributed by atoms with Crippen molar-refractivity contribution in [2.24, 2.45) is 0 Å². The van der Waals surface area contributed by atoms with Crippen LogP contribution in [0.15, 0.2) is 71.3 Å². The second-order valence-electron chi connectivity index (χ2n) is 6.48. The van der Waals surface area contributed by atoms with Gasteiger partial charge in [-0.25, -0.2) is 0 Å². The number of rotatable bonds is 1. The van der Waals surface area contributed by atoms with Crippen molar-refractivity contribution in [1.82, 2.24) is 0 Å². The Bertz CT molecular complexity index is 995. The van der Waals surface area contributed by atoms with Crippen LogP contribution in [-0.2, 0) is 6.42 Å². The highest BCUT2D eigenvalue weighted by atomic mass is 16.3. The lowest BCUT2D eigenvalue weighted by atomic mass is 9.79. The molecule has 1 heterocycles. The van der Waals surface area contributed by atoms with Crippen LogP contribution in [0.4, 0.5) is 0 Å². The summed E-state index contributed by atoms with van der Waals surface area (Å²) in [6, 6.07) is 22.0. The number of fused-ring (bicyclic) bond motifs is 5.